The van der Waals surface area contributed by atoms with Gasteiger partial charge in [0.25, 0.3) is 17.7 Å². The van der Waals surface area contributed by atoms with E-state index in [2.05, 4.69) is 10.6 Å². The number of halogens is 2. The van der Waals surface area contributed by atoms with Gasteiger partial charge in [-0.2, -0.15) is 0 Å². The van der Waals surface area contributed by atoms with Gasteiger partial charge in [0.1, 0.15) is 11.4 Å². The SMILES string of the molecule is CCOc1cc(/C=C2\C(=O)NC(=O)N(c3ccc(F)cc3)C2=O)cc(Cl)c1OCC(=O)Nc1cccc(C)c1. The zero-order chi connectivity index (χ0) is 28.1. The molecule has 39 heavy (non-hydrogen) atoms. The molecule has 0 radical (unpaired) electrons. The lowest BCUT2D eigenvalue weighted by atomic mass is 10.1. The summed E-state index contributed by atoms with van der Waals surface area (Å²) in [6, 6.07) is 13.9. The van der Waals surface area contributed by atoms with Crippen LogP contribution in [0.2, 0.25) is 5.02 Å². The molecule has 3 aromatic carbocycles. The Kier molecular flexibility index (Phi) is 8.26. The van der Waals surface area contributed by atoms with Gasteiger partial charge in [-0.25, -0.2) is 14.1 Å². The molecule has 0 atom stereocenters. The highest BCUT2D eigenvalue weighted by Crippen LogP contribution is 2.37. The highest BCUT2D eigenvalue weighted by Gasteiger charge is 2.37. The lowest BCUT2D eigenvalue weighted by Gasteiger charge is -2.26. The third-order valence-corrected chi connectivity index (χ3v) is 5.76. The highest BCUT2D eigenvalue weighted by atomic mass is 35.5. The summed E-state index contributed by atoms with van der Waals surface area (Å²) >= 11 is 6.44. The highest BCUT2D eigenvalue weighted by molar-refractivity contribution is 6.39. The summed E-state index contributed by atoms with van der Waals surface area (Å²) in [4.78, 5) is 51.1. The Balaban J connectivity index is 1.58. The Morgan fingerprint density at radius 2 is 1.82 bits per heavy atom. The maximum atomic E-state index is 13.3. The second-order valence-corrected chi connectivity index (χ2v) is 8.81. The van der Waals surface area contributed by atoms with Gasteiger partial charge in [0, 0.05) is 5.69 Å². The lowest BCUT2D eigenvalue weighted by Crippen LogP contribution is -2.54. The van der Waals surface area contributed by atoms with Crippen molar-refractivity contribution in [3.63, 3.8) is 0 Å². The molecule has 2 N–H and O–H groups in total. The summed E-state index contributed by atoms with van der Waals surface area (Å²) in [5.41, 5.74) is 1.62. The van der Waals surface area contributed by atoms with Crippen molar-refractivity contribution in [2.24, 2.45) is 0 Å². The van der Waals surface area contributed by atoms with E-state index in [4.69, 9.17) is 21.1 Å². The molecule has 0 aromatic heterocycles. The first-order valence-electron chi connectivity index (χ1n) is 11.8. The quantitative estimate of drug-likeness (QED) is 0.305. The Morgan fingerprint density at radius 1 is 1.08 bits per heavy atom. The molecule has 1 aliphatic rings. The molecule has 4 rings (SSSR count). The van der Waals surface area contributed by atoms with Gasteiger partial charge in [0.15, 0.2) is 18.1 Å². The van der Waals surface area contributed by atoms with Crippen LogP contribution in [0.1, 0.15) is 18.1 Å². The predicted octanol–water partition coefficient (Wildman–Crippen LogP) is 4.87. The number of imide groups is 2. The summed E-state index contributed by atoms with van der Waals surface area (Å²) < 4.78 is 24.6. The van der Waals surface area contributed by atoms with Crippen molar-refractivity contribution >= 4 is 52.8 Å². The monoisotopic (exact) mass is 551 g/mol. The maximum absolute atomic E-state index is 13.3. The molecule has 0 aliphatic carbocycles. The van der Waals surface area contributed by atoms with Gasteiger partial charge in [-0.1, -0.05) is 23.7 Å². The normalized spacial score (nSPS) is 14.3. The maximum Gasteiger partial charge on any atom is 0.335 e. The van der Waals surface area contributed by atoms with Crippen LogP contribution in [-0.4, -0.2) is 37.0 Å². The molecule has 0 saturated carbocycles. The third kappa shape index (κ3) is 6.42. The van der Waals surface area contributed by atoms with E-state index in [1.165, 1.54) is 30.3 Å². The van der Waals surface area contributed by atoms with Crippen molar-refractivity contribution in [3.8, 4) is 11.5 Å². The van der Waals surface area contributed by atoms with E-state index in [1.807, 2.05) is 25.1 Å². The number of anilines is 2. The van der Waals surface area contributed by atoms with E-state index in [-0.39, 0.29) is 41.0 Å². The fourth-order valence-electron chi connectivity index (χ4n) is 3.78. The van der Waals surface area contributed by atoms with Crippen molar-refractivity contribution < 1.29 is 33.0 Å². The summed E-state index contributed by atoms with van der Waals surface area (Å²) in [6.45, 7) is 3.51. The minimum Gasteiger partial charge on any atom is -0.490 e. The van der Waals surface area contributed by atoms with Gasteiger partial charge in [-0.05, 0) is 79.6 Å². The van der Waals surface area contributed by atoms with Crippen molar-refractivity contribution in [2.45, 2.75) is 13.8 Å². The van der Waals surface area contributed by atoms with Crippen LogP contribution in [0.4, 0.5) is 20.6 Å². The molecular formula is C28H23ClFN3O6. The van der Waals surface area contributed by atoms with Gasteiger partial charge in [-0.3, -0.25) is 19.7 Å². The molecule has 11 heteroatoms. The Morgan fingerprint density at radius 3 is 2.51 bits per heavy atom. The number of barbiturate groups is 1. The first-order chi connectivity index (χ1) is 18.7. The van der Waals surface area contributed by atoms with Crippen molar-refractivity contribution in [1.82, 2.24) is 5.32 Å². The summed E-state index contributed by atoms with van der Waals surface area (Å²) in [5.74, 6) is -2.51. The number of ether oxygens (including phenoxy) is 2. The smallest absolute Gasteiger partial charge is 0.335 e. The minimum absolute atomic E-state index is 0.0614. The molecule has 1 aliphatic heterocycles. The second-order valence-electron chi connectivity index (χ2n) is 8.40. The number of benzene rings is 3. The van der Waals surface area contributed by atoms with Crippen molar-refractivity contribution in [2.75, 3.05) is 23.4 Å². The zero-order valence-corrected chi connectivity index (χ0v) is 21.7. The van der Waals surface area contributed by atoms with Crippen LogP contribution >= 0.6 is 11.6 Å². The average Bonchev–Trinajstić information content (AvgIpc) is 2.87. The van der Waals surface area contributed by atoms with E-state index in [1.54, 1.807) is 13.0 Å². The van der Waals surface area contributed by atoms with Gasteiger partial charge in [-0.15, -0.1) is 0 Å². The van der Waals surface area contributed by atoms with E-state index in [0.717, 1.165) is 22.6 Å². The number of carbonyl (C=O) groups is 4. The Bertz CT molecular complexity index is 1490. The Hall–Kier alpha value is -4.70. The largest absolute Gasteiger partial charge is 0.490 e. The molecule has 9 nitrogen and oxygen atoms in total. The molecule has 0 spiro atoms. The number of rotatable bonds is 8. The zero-order valence-electron chi connectivity index (χ0n) is 20.9. The number of urea groups is 1. The standard InChI is InChI=1S/C28H23ClFN3O6/c1-3-38-23-14-17(13-22(29)25(23)39-15-24(34)31-19-6-4-5-16(2)11-19)12-21-26(35)32-28(37)33(27(21)36)20-9-7-18(30)8-10-20/h4-14H,3,15H2,1-2H3,(H,31,34)(H,32,35,37)/b21-12+. The third-order valence-electron chi connectivity index (χ3n) is 5.48. The van der Waals surface area contributed by atoms with Crippen molar-refractivity contribution in [1.29, 1.82) is 0 Å². The molecule has 5 amide bonds. The van der Waals surface area contributed by atoms with Gasteiger partial charge in [0.05, 0.1) is 17.3 Å². The number of hydrogen-bond acceptors (Lipinski definition) is 6. The lowest BCUT2D eigenvalue weighted by molar-refractivity contribution is -0.122. The summed E-state index contributed by atoms with van der Waals surface area (Å²) in [5, 5.41) is 4.89. The minimum atomic E-state index is -0.963. The summed E-state index contributed by atoms with van der Waals surface area (Å²) in [7, 11) is 0. The number of nitrogens with one attached hydrogen (secondary N) is 2. The average molecular weight is 552 g/mol. The molecule has 1 saturated heterocycles. The molecule has 1 heterocycles. The van der Waals surface area contributed by atoms with E-state index < -0.39 is 29.6 Å². The predicted molar refractivity (Wildman–Crippen MR) is 143 cm³/mol. The first-order valence-corrected chi connectivity index (χ1v) is 12.2. The number of amides is 5. The van der Waals surface area contributed by atoms with Gasteiger partial charge < -0.3 is 14.8 Å². The molecule has 3 aromatic rings. The fraction of sp³-hybridized carbons (Fsp3) is 0.143. The molecule has 0 bridgehead atoms. The van der Waals surface area contributed by atoms with E-state index >= 15 is 0 Å². The van der Waals surface area contributed by atoms with Crippen LogP contribution in [0.25, 0.3) is 6.08 Å². The number of aryl methyl sites for hydroxylation is 1. The van der Waals surface area contributed by atoms with E-state index in [0.29, 0.717) is 11.3 Å². The van der Waals surface area contributed by atoms with E-state index in [9.17, 15) is 23.6 Å². The molecule has 200 valence electrons. The van der Waals surface area contributed by atoms with Crippen LogP contribution in [0, 0.1) is 12.7 Å². The summed E-state index contributed by atoms with van der Waals surface area (Å²) in [6.07, 6.45) is 1.24. The Labute approximate surface area is 228 Å². The topological polar surface area (TPSA) is 114 Å². The number of carbonyl (C=O) groups excluding carboxylic acids is 4. The van der Waals surface area contributed by atoms with Gasteiger partial charge in [0.2, 0.25) is 0 Å². The second kappa shape index (κ2) is 11.8. The number of nitrogens with zero attached hydrogens (tertiary/aromatic N) is 1. The van der Waals surface area contributed by atoms with Crippen LogP contribution in [0.15, 0.2) is 66.2 Å². The van der Waals surface area contributed by atoms with Crippen LogP contribution < -0.4 is 25.0 Å². The van der Waals surface area contributed by atoms with Crippen LogP contribution in [0.3, 0.4) is 0 Å². The fourth-order valence-corrected chi connectivity index (χ4v) is 4.05. The first kappa shape index (κ1) is 27.3. The van der Waals surface area contributed by atoms with Crippen molar-refractivity contribution in [3.05, 3.63) is 88.2 Å². The molecule has 0 unspecified atom stereocenters. The molecular weight excluding hydrogens is 529 g/mol. The van der Waals surface area contributed by atoms with Crippen LogP contribution in [0.5, 0.6) is 11.5 Å². The number of hydrogen-bond donors (Lipinski definition) is 2. The van der Waals surface area contributed by atoms with Crippen LogP contribution in [-0.2, 0) is 14.4 Å². The van der Waals surface area contributed by atoms with Gasteiger partial charge >= 0.3 is 6.03 Å². The molecule has 1 fully saturated rings.